The fourth-order valence-electron chi connectivity index (χ4n) is 1.96. The molecule has 2 aromatic rings. The van der Waals surface area contributed by atoms with Crippen LogP contribution in [0.1, 0.15) is 26.7 Å². The van der Waals surface area contributed by atoms with Gasteiger partial charge in [-0.05, 0) is 37.1 Å². The van der Waals surface area contributed by atoms with E-state index < -0.39 is 0 Å². The van der Waals surface area contributed by atoms with Crippen molar-refractivity contribution < 1.29 is 4.42 Å². The molecule has 0 radical (unpaired) electrons. The molecule has 1 aliphatic rings. The maximum Gasteiger partial charge on any atom is 0.135 e. The molecule has 0 amide bonds. The highest BCUT2D eigenvalue weighted by molar-refractivity contribution is 5.82. The lowest BCUT2D eigenvalue weighted by molar-refractivity contribution is 0.572. The highest BCUT2D eigenvalue weighted by atomic mass is 16.3. The molecule has 0 fully saturated rings. The van der Waals surface area contributed by atoms with Crippen LogP contribution < -0.4 is 16.4 Å². The summed E-state index contributed by atoms with van der Waals surface area (Å²) in [6.07, 6.45) is 6.53. The molecule has 0 saturated heterocycles. The summed E-state index contributed by atoms with van der Waals surface area (Å²) in [5.41, 5.74) is 8.47. The van der Waals surface area contributed by atoms with Crippen molar-refractivity contribution in [1.29, 1.82) is 0 Å². The second kappa shape index (κ2) is 4.44. The Hall–Kier alpha value is -1.70. The van der Waals surface area contributed by atoms with Crippen LogP contribution in [-0.2, 0) is 0 Å². The summed E-state index contributed by atoms with van der Waals surface area (Å²) in [6.45, 7) is 4.00. The molecule has 1 aromatic heterocycles. The van der Waals surface area contributed by atoms with E-state index in [-0.39, 0.29) is 0 Å². The van der Waals surface area contributed by atoms with Crippen molar-refractivity contribution in [3.63, 3.8) is 0 Å². The van der Waals surface area contributed by atoms with Crippen molar-refractivity contribution in [3.05, 3.63) is 28.8 Å². The molecular formula is C14H17NO. The van der Waals surface area contributed by atoms with E-state index in [9.17, 15) is 0 Å². The van der Waals surface area contributed by atoms with E-state index in [1.165, 1.54) is 5.22 Å². The minimum Gasteiger partial charge on any atom is -0.456 e. The van der Waals surface area contributed by atoms with Gasteiger partial charge in [-0.1, -0.05) is 19.9 Å². The van der Waals surface area contributed by atoms with E-state index >= 15 is 0 Å². The molecule has 1 aromatic carbocycles. The third-order valence-corrected chi connectivity index (χ3v) is 2.62. The molecule has 3 rings (SSSR count). The van der Waals surface area contributed by atoms with Gasteiger partial charge in [-0.25, -0.2) is 0 Å². The van der Waals surface area contributed by atoms with Crippen molar-refractivity contribution in [2.24, 2.45) is 0 Å². The fraction of sp³-hybridized carbons (Fsp3) is 0.286. The SMILES string of the molecule is CC.Nc1ccc2oc3c(c2c1)=CCCC=3. The third kappa shape index (κ3) is 1.71. The number of fused-ring (bicyclic) bond motifs is 3. The normalized spacial score (nSPS) is 13.1. The Morgan fingerprint density at radius 1 is 1.12 bits per heavy atom. The largest absolute Gasteiger partial charge is 0.456 e. The lowest BCUT2D eigenvalue weighted by Gasteiger charge is -1.92. The van der Waals surface area contributed by atoms with Crippen molar-refractivity contribution in [2.75, 3.05) is 5.73 Å². The van der Waals surface area contributed by atoms with E-state index in [2.05, 4.69) is 12.2 Å². The topological polar surface area (TPSA) is 39.2 Å². The maximum absolute atomic E-state index is 5.75. The Balaban J connectivity index is 0.000000457. The second-order valence-corrected chi connectivity index (χ2v) is 3.62. The first-order valence-electron chi connectivity index (χ1n) is 5.83. The minimum atomic E-state index is 0.792. The average molecular weight is 215 g/mol. The smallest absolute Gasteiger partial charge is 0.135 e. The van der Waals surface area contributed by atoms with Gasteiger partial charge in [0, 0.05) is 16.3 Å². The molecule has 2 N–H and O–H groups in total. The first kappa shape index (κ1) is 10.8. The molecule has 0 saturated carbocycles. The van der Waals surface area contributed by atoms with Crippen LogP contribution in [0.2, 0.25) is 0 Å². The number of furan rings is 1. The van der Waals surface area contributed by atoms with Crippen molar-refractivity contribution in [2.45, 2.75) is 26.7 Å². The Morgan fingerprint density at radius 3 is 2.69 bits per heavy atom. The van der Waals surface area contributed by atoms with Crippen molar-refractivity contribution >= 4 is 28.8 Å². The van der Waals surface area contributed by atoms with Gasteiger partial charge in [0.25, 0.3) is 0 Å². The van der Waals surface area contributed by atoms with Gasteiger partial charge >= 0.3 is 0 Å². The first-order valence-corrected chi connectivity index (χ1v) is 5.83. The first-order chi connectivity index (χ1) is 7.84. The Bertz CT molecular complexity index is 607. The van der Waals surface area contributed by atoms with E-state index in [0.29, 0.717) is 0 Å². The van der Waals surface area contributed by atoms with Crippen LogP contribution in [0.25, 0.3) is 23.1 Å². The van der Waals surface area contributed by atoms with Crippen LogP contribution in [0, 0.1) is 0 Å². The molecule has 2 heteroatoms. The summed E-state index contributed by atoms with van der Waals surface area (Å²) < 4.78 is 5.70. The van der Waals surface area contributed by atoms with Crippen LogP contribution in [0.4, 0.5) is 5.69 Å². The van der Waals surface area contributed by atoms with Gasteiger partial charge in [-0.2, -0.15) is 0 Å². The summed E-state index contributed by atoms with van der Waals surface area (Å²) in [6, 6.07) is 5.79. The molecule has 1 aliphatic carbocycles. The van der Waals surface area contributed by atoms with Gasteiger partial charge in [0.2, 0.25) is 0 Å². The van der Waals surface area contributed by atoms with Gasteiger partial charge in [0.05, 0.1) is 0 Å². The standard InChI is InChI=1S/C12H11NO.C2H6/c13-8-5-6-12-10(7-8)9-3-1-2-4-11(9)14-12;1-2/h3-7H,1-2,13H2;1-2H3. The molecular weight excluding hydrogens is 198 g/mol. The average Bonchev–Trinajstić information content (AvgIpc) is 2.70. The van der Waals surface area contributed by atoms with Gasteiger partial charge < -0.3 is 10.2 Å². The lowest BCUT2D eigenvalue weighted by Crippen LogP contribution is -2.22. The highest BCUT2D eigenvalue weighted by Gasteiger charge is 2.04. The van der Waals surface area contributed by atoms with E-state index in [1.807, 2.05) is 32.0 Å². The summed E-state index contributed by atoms with van der Waals surface area (Å²) >= 11 is 0. The molecule has 2 nitrogen and oxygen atoms in total. The molecule has 0 bridgehead atoms. The third-order valence-electron chi connectivity index (χ3n) is 2.62. The second-order valence-electron chi connectivity index (χ2n) is 3.62. The van der Waals surface area contributed by atoms with Gasteiger partial charge in [-0.15, -0.1) is 0 Å². The zero-order chi connectivity index (χ0) is 11.5. The highest BCUT2D eigenvalue weighted by Crippen LogP contribution is 2.13. The van der Waals surface area contributed by atoms with E-state index in [0.717, 1.165) is 34.9 Å². The number of rotatable bonds is 0. The molecule has 0 unspecified atom stereocenters. The van der Waals surface area contributed by atoms with Crippen LogP contribution >= 0.6 is 0 Å². The van der Waals surface area contributed by atoms with Gasteiger partial charge in [-0.3, -0.25) is 0 Å². The van der Waals surface area contributed by atoms with Crippen molar-refractivity contribution in [1.82, 2.24) is 0 Å². The number of nitrogen functional groups attached to an aromatic ring is 1. The Labute approximate surface area is 95.1 Å². The number of anilines is 1. The minimum absolute atomic E-state index is 0.792. The zero-order valence-electron chi connectivity index (χ0n) is 9.79. The Kier molecular flexibility index (Phi) is 3.00. The quantitative estimate of drug-likeness (QED) is 0.685. The van der Waals surface area contributed by atoms with Crippen LogP contribution in [0.5, 0.6) is 0 Å². The van der Waals surface area contributed by atoms with Crippen LogP contribution in [0.15, 0.2) is 22.6 Å². The predicted octanol–water partition coefficient (Wildman–Crippen LogP) is 2.40. The number of hydrogen-bond donors (Lipinski definition) is 1. The maximum atomic E-state index is 5.75. The zero-order valence-corrected chi connectivity index (χ0v) is 9.79. The molecule has 1 heterocycles. The lowest BCUT2D eigenvalue weighted by atomic mass is 10.1. The molecule has 0 atom stereocenters. The Morgan fingerprint density at radius 2 is 1.88 bits per heavy atom. The summed E-state index contributed by atoms with van der Waals surface area (Å²) in [5.74, 6) is 0. The summed E-state index contributed by atoms with van der Waals surface area (Å²) in [7, 11) is 0. The van der Waals surface area contributed by atoms with E-state index in [1.54, 1.807) is 0 Å². The van der Waals surface area contributed by atoms with Crippen LogP contribution in [0.3, 0.4) is 0 Å². The van der Waals surface area contributed by atoms with E-state index in [4.69, 9.17) is 10.2 Å². The predicted molar refractivity (Wildman–Crippen MR) is 69.4 cm³/mol. The molecule has 0 spiro atoms. The number of nitrogens with two attached hydrogens (primary N) is 1. The molecule has 16 heavy (non-hydrogen) atoms. The molecule has 84 valence electrons. The number of benzene rings is 1. The summed E-state index contributed by atoms with van der Waals surface area (Å²) in [4.78, 5) is 0. The van der Waals surface area contributed by atoms with Gasteiger partial charge in [0.1, 0.15) is 11.0 Å². The summed E-state index contributed by atoms with van der Waals surface area (Å²) in [5, 5.41) is 2.34. The monoisotopic (exact) mass is 215 g/mol. The van der Waals surface area contributed by atoms with Crippen LogP contribution in [-0.4, -0.2) is 0 Å². The van der Waals surface area contributed by atoms with Gasteiger partial charge in [0.15, 0.2) is 0 Å². The van der Waals surface area contributed by atoms with Crippen molar-refractivity contribution in [3.8, 4) is 0 Å². The molecule has 0 aliphatic heterocycles. The fourth-order valence-corrected chi connectivity index (χ4v) is 1.96. The number of hydrogen-bond acceptors (Lipinski definition) is 2.